The third-order valence-corrected chi connectivity index (χ3v) is 3.43. The molecule has 0 rings (SSSR count). The van der Waals surface area contributed by atoms with Gasteiger partial charge in [-0.3, -0.25) is 4.79 Å². The van der Waals surface area contributed by atoms with Gasteiger partial charge < -0.3 is 15.3 Å². The summed E-state index contributed by atoms with van der Waals surface area (Å²) in [5, 5.41) is 28.0. The zero-order valence-electron chi connectivity index (χ0n) is 14.7. The highest BCUT2D eigenvalue weighted by atomic mass is 16.4. The van der Waals surface area contributed by atoms with Crippen LogP contribution in [0.4, 0.5) is 0 Å². The Bertz CT molecular complexity index is 421. The molecule has 0 bridgehead atoms. The van der Waals surface area contributed by atoms with Crippen LogP contribution in [0.15, 0.2) is 48.6 Å². The predicted molar refractivity (Wildman–Crippen MR) is 98.8 cm³/mol. The van der Waals surface area contributed by atoms with E-state index in [4.69, 9.17) is 5.11 Å². The molecule has 4 nitrogen and oxygen atoms in total. The lowest BCUT2D eigenvalue weighted by Crippen LogP contribution is -2.25. The van der Waals surface area contributed by atoms with Gasteiger partial charge in [-0.15, -0.1) is 0 Å². The molecule has 24 heavy (non-hydrogen) atoms. The molecular formula is C20H32O4. The summed E-state index contributed by atoms with van der Waals surface area (Å²) in [5.74, 6) is -0.879. The number of rotatable bonds is 14. The first-order valence-electron chi connectivity index (χ1n) is 8.75. The quantitative estimate of drug-likeness (QED) is 0.416. The van der Waals surface area contributed by atoms with Crippen LogP contribution in [0, 0.1) is 0 Å². The van der Waals surface area contributed by atoms with Gasteiger partial charge in [-0.05, 0) is 44.9 Å². The topological polar surface area (TPSA) is 77.8 Å². The second-order valence-electron chi connectivity index (χ2n) is 5.66. The highest BCUT2D eigenvalue weighted by molar-refractivity contribution is 5.66. The lowest BCUT2D eigenvalue weighted by molar-refractivity contribution is -0.137. The highest BCUT2D eigenvalue weighted by Crippen LogP contribution is 2.09. The van der Waals surface area contributed by atoms with Crippen molar-refractivity contribution in [2.75, 3.05) is 0 Å². The van der Waals surface area contributed by atoms with Crippen molar-refractivity contribution < 1.29 is 20.1 Å². The largest absolute Gasteiger partial charge is 0.481 e. The summed E-state index contributed by atoms with van der Waals surface area (Å²) >= 11 is 0. The predicted octanol–water partition coefficient (Wildman–Crippen LogP) is 4.16. The molecule has 0 aliphatic heterocycles. The number of allylic oxidation sites excluding steroid dienone is 7. The summed E-state index contributed by atoms with van der Waals surface area (Å²) in [5.41, 5.74) is 0. The normalized spacial score (nSPS) is 15.1. The molecule has 0 heterocycles. The molecule has 136 valence electrons. The Morgan fingerprint density at radius 2 is 1.33 bits per heavy atom. The fraction of sp³-hybridized carbons (Fsp3) is 0.550. The van der Waals surface area contributed by atoms with Crippen molar-refractivity contribution in [1.82, 2.24) is 0 Å². The van der Waals surface area contributed by atoms with E-state index in [1.807, 2.05) is 12.2 Å². The molecule has 0 aromatic rings. The van der Waals surface area contributed by atoms with E-state index in [-0.39, 0.29) is 6.42 Å². The first-order valence-corrected chi connectivity index (χ1v) is 8.75. The van der Waals surface area contributed by atoms with E-state index in [1.165, 1.54) is 0 Å². The van der Waals surface area contributed by atoms with Crippen LogP contribution in [0.25, 0.3) is 0 Å². The van der Waals surface area contributed by atoms with Crippen molar-refractivity contribution in [1.29, 1.82) is 0 Å². The zero-order valence-corrected chi connectivity index (χ0v) is 14.7. The van der Waals surface area contributed by atoms with Crippen molar-refractivity contribution in [3.05, 3.63) is 48.6 Å². The van der Waals surface area contributed by atoms with Crippen LogP contribution in [-0.2, 0) is 4.79 Å². The Balaban J connectivity index is 3.70. The molecule has 0 saturated carbocycles. The van der Waals surface area contributed by atoms with Gasteiger partial charge in [-0.2, -0.15) is 0 Å². The molecule has 0 fully saturated rings. The standard InChI is InChI=1S/C20H32O4/c1-2-3-4-5-6-7-8-9-10-11-12-13-15-18(21)19(22)16-14-17-20(23)24/h3-4,6-7,9-10,12-13,18-19,21-22H,2,5,8,11,14-17H2,1H3,(H,23,24)/b4-3-,7-6-,10-9-,13-12-/t18-,19-/m1/s1. The first-order chi connectivity index (χ1) is 11.6. The van der Waals surface area contributed by atoms with E-state index >= 15 is 0 Å². The lowest BCUT2D eigenvalue weighted by Gasteiger charge is -2.15. The average Bonchev–Trinajstić information content (AvgIpc) is 2.55. The molecule has 2 atom stereocenters. The van der Waals surface area contributed by atoms with E-state index < -0.39 is 18.2 Å². The summed E-state index contributed by atoms with van der Waals surface area (Å²) in [6.07, 6.45) is 19.7. The van der Waals surface area contributed by atoms with Gasteiger partial charge in [-0.1, -0.05) is 55.5 Å². The third-order valence-electron chi connectivity index (χ3n) is 3.43. The van der Waals surface area contributed by atoms with E-state index in [0.29, 0.717) is 19.3 Å². The van der Waals surface area contributed by atoms with Crippen molar-refractivity contribution in [2.24, 2.45) is 0 Å². The van der Waals surface area contributed by atoms with Crippen molar-refractivity contribution in [2.45, 2.75) is 70.5 Å². The summed E-state index contributed by atoms with van der Waals surface area (Å²) < 4.78 is 0. The number of aliphatic hydroxyl groups excluding tert-OH is 2. The first kappa shape index (κ1) is 22.4. The molecular weight excluding hydrogens is 304 g/mol. The maximum Gasteiger partial charge on any atom is 0.303 e. The minimum atomic E-state index is -0.879. The van der Waals surface area contributed by atoms with Gasteiger partial charge in [0.2, 0.25) is 0 Å². The average molecular weight is 336 g/mol. The minimum Gasteiger partial charge on any atom is -0.481 e. The summed E-state index contributed by atoms with van der Waals surface area (Å²) in [7, 11) is 0. The van der Waals surface area contributed by atoms with E-state index in [0.717, 1.165) is 25.7 Å². The number of hydrogen-bond donors (Lipinski definition) is 3. The molecule has 0 spiro atoms. The zero-order chi connectivity index (χ0) is 18.0. The van der Waals surface area contributed by atoms with Gasteiger partial charge in [0, 0.05) is 6.42 Å². The van der Waals surface area contributed by atoms with Gasteiger partial charge in [0.1, 0.15) is 0 Å². The van der Waals surface area contributed by atoms with E-state index in [9.17, 15) is 15.0 Å². The third kappa shape index (κ3) is 15.3. The number of carboxylic acids is 1. The van der Waals surface area contributed by atoms with Gasteiger partial charge in [0.05, 0.1) is 12.2 Å². The monoisotopic (exact) mass is 336 g/mol. The molecule has 0 unspecified atom stereocenters. The van der Waals surface area contributed by atoms with Crippen molar-refractivity contribution >= 4 is 5.97 Å². The second kappa shape index (κ2) is 16.2. The molecule has 0 saturated heterocycles. The van der Waals surface area contributed by atoms with Gasteiger partial charge >= 0.3 is 5.97 Å². The maximum absolute atomic E-state index is 10.4. The maximum atomic E-state index is 10.4. The molecule has 0 aromatic carbocycles. The molecule has 0 amide bonds. The number of carboxylic acid groups (broad SMARTS) is 1. The molecule has 0 aliphatic rings. The smallest absolute Gasteiger partial charge is 0.303 e. The Kier molecular flexibility index (Phi) is 15.1. The highest BCUT2D eigenvalue weighted by Gasteiger charge is 2.14. The van der Waals surface area contributed by atoms with Gasteiger partial charge in [0.15, 0.2) is 0 Å². The summed E-state index contributed by atoms with van der Waals surface area (Å²) in [4.78, 5) is 10.4. The molecule has 4 heteroatoms. The van der Waals surface area contributed by atoms with E-state index in [1.54, 1.807) is 0 Å². The minimum absolute atomic E-state index is 0.0216. The van der Waals surface area contributed by atoms with Crippen LogP contribution < -0.4 is 0 Å². The second-order valence-corrected chi connectivity index (χ2v) is 5.66. The number of carbonyl (C=O) groups is 1. The van der Waals surface area contributed by atoms with Gasteiger partial charge in [0.25, 0.3) is 0 Å². The Morgan fingerprint density at radius 1 is 0.833 bits per heavy atom. The Morgan fingerprint density at radius 3 is 1.83 bits per heavy atom. The van der Waals surface area contributed by atoms with Crippen molar-refractivity contribution in [3.63, 3.8) is 0 Å². The fourth-order valence-corrected chi connectivity index (χ4v) is 2.03. The van der Waals surface area contributed by atoms with Crippen LogP contribution in [0.3, 0.4) is 0 Å². The fourth-order valence-electron chi connectivity index (χ4n) is 2.03. The molecule has 3 N–H and O–H groups in total. The van der Waals surface area contributed by atoms with Crippen LogP contribution in [0.5, 0.6) is 0 Å². The summed E-state index contributed by atoms with van der Waals surface area (Å²) in [6.45, 7) is 2.12. The number of aliphatic hydroxyl groups is 2. The molecule has 0 aromatic heterocycles. The molecule has 0 aliphatic carbocycles. The van der Waals surface area contributed by atoms with Crippen LogP contribution in [0.1, 0.15) is 58.3 Å². The molecule has 0 radical (unpaired) electrons. The Labute approximate surface area is 145 Å². The van der Waals surface area contributed by atoms with E-state index in [2.05, 4.69) is 43.4 Å². The van der Waals surface area contributed by atoms with Crippen LogP contribution in [0.2, 0.25) is 0 Å². The SMILES string of the molecule is CC/C=C\C/C=C\C/C=C\C/C=C\C[C@@H](O)[C@H](O)CCCC(=O)O. The van der Waals surface area contributed by atoms with Crippen LogP contribution in [-0.4, -0.2) is 33.5 Å². The number of hydrogen-bond acceptors (Lipinski definition) is 3. The van der Waals surface area contributed by atoms with Crippen LogP contribution >= 0.6 is 0 Å². The lowest BCUT2D eigenvalue weighted by atomic mass is 10.0. The Hall–Kier alpha value is -1.65. The summed E-state index contributed by atoms with van der Waals surface area (Å²) in [6, 6.07) is 0. The number of aliphatic carboxylic acids is 1. The van der Waals surface area contributed by atoms with Crippen molar-refractivity contribution in [3.8, 4) is 0 Å². The van der Waals surface area contributed by atoms with Gasteiger partial charge in [-0.25, -0.2) is 0 Å².